The van der Waals surface area contributed by atoms with E-state index in [1.54, 1.807) is 0 Å². The molecule has 1 saturated heterocycles. The highest BCUT2D eigenvalue weighted by molar-refractivity contribution is 5.72. The number of esters is 1. The van der Waals surface area contributed by atoms with Gasteiger partial charge in [0, 0.05) is 19.6 Å². The van der Waals surface area contributed by atoms with Crippen molar-refractivity contribution in [2.24, 2.45) is 5.92 Å². The molecule has 0 aromatic carbocycles. The van der Waals surface area contributed by atoms with Crippen molar-refractivity contribution < 1.29 is 14.3 Å². The summed E-state index contributed by atoms with van der Waals surface area (Å²) >= 11 is 0. The van der Waals surface area contributed by atoms with E-state index >= 15 is 0 Å². The van der Waals surface area contributed by atoms with Crippen LogP contribution in [0.2, 0.25) is 0 Å². The molecule has 6 heteroatoms. The first kappa shape index (κ1) is 12.6. The summed E-state index contributed by atoms with van der Waals surface area (Å²) in [5, 5.41) is 8.55. The molecular weight excluding hydrogens is 246 g/mol. The predicted molar refractivity (Wildman–Crippen MR) is 66.4 cm³/mol. The molecule has 0 aliphatic carbocycles. The Hall–Kier alpha value is -1.43. The number of hydrogen-bond donors (Lipinski definition) is 0. The molecular formula is C13H19N3O3. The zero-order valence-corrected chi connectivity index (χ0v) is 11.2. The van der Waals surface area contributed by atoms with Gasteiger partial charge in [-0.15, -0.1) is 10.2 Å². The minimum Gasteiger partial charge on any atom is -0.469 e. The second kappa shape index (κ2) is 5.28. The average molecular weight is 265 g/mol. The van der Waals surface area contributed by atoms with Crippen LogP contribution in [0, 0.1) is 5.92 Å². The molecule has 3 rings (SSSR count). The lowest BCUT2D eigenvalue weighted by molar-refractivity contribution is -0.145. The van der Waals surface area contributed by atoms with Crippen LogP contribution < -0.4 is 0 Å². The van der Waals surface area contributed by atoms with E-state index in [1.165, 1.54) is 7.11 Å². The number of carbonyl (C=O) groups is 1. The van der Waals surface area contributed by atoms with Gasteiger partial charge in [0.25, 0.3) is 0 Å². The van der Waals surface area contributed by atoms with Crippen molar-refractivity contribution in [3.63, 3.8) is 0 Å². The Kier molecular flexibility index (Phi) is 3.50. The van der Waals surface area contributed by atoms with Crippen molar-refractivity contribution >= 4 is 5.97 Å². The summed E-state index contributed by atoms with van der Waals surface area (Å²) in [6.07, 6.45) is 4.53. The van der Waals surface area contributed by atoms with Crippen molar-refractivity contribution in [3.05, 3.63) is 11.6 Å². The van der Waals surface area contributed by atoms with Gasteiger partial charge < -0.3 is 14.0 Å². The molecule has 2 atom stereocenters. The number of hydrogen-bond acceptors (Lipinski definition) is 5. The molecule has 0 saturated carbocycles. The molecule has 1 unspecified atom stereocenters. The molecule has 19 heavy (non-hydrogen) atoms. The van der Waals surface area contributed by atoms with Gasteiger partial charge in [0.1, 0.15) is 11.9 Å². The van der Waals surface area contributed by atoms with Crippen LogP contribution in [0.25, 0.3) is 0 Å². The van der Waals surface area contributed by atoms with Gasteiger partial charge in [-0.3, -0.25) is 4.79 Å². The molecule has 3 heterocycles. The Morgan fingerprint density at radius 2 is 2.26 bits per heavy atom. The summed E-state index contributed by atoms with van der Waals surface area (Å²) in [6.45, 7) is 1.58. The third-order valence-electron chi connectivity index (χ3n) is 4.03. The van der Waals surface area contributed by atoms with Gasteiger partial charge >= 0.3 is 5.97 Å². The topological polar surface area (TPSA) is 66.2 Å². The molecule has 1 aromatic rings. The monoisotopic (exact) mass is 265 g/mol. The van der Waals surface area contributed by atoms with Crippen LogP contribution in [0.4, 0.5) is 0 Å². The van der Waals surface area contributed by atoms with Gasteiger partial charge in [-0.05, 0) is 25.7 Å². The Bertz CT molecular complexity index is 466. The molecule has 2 aliphatic rings. The van der Waals surface area contributed by atoms with Crippen LogP contribution in [0.15, 0.2) is 0 Å². The molecule has 1 fully saturated rings. The molecule has 0 radical (unpaired) electrons. The first-order valence-electron chi connectivity index (χ1n) is 6.91. The molecule has 2 aliphatic heterocycles. The largest absolute Gasteiger partial charge is 0.469 e. The van der Waals surface area contributed by atoms with Crippen LogP contribution in [-0.2, 0) is 27.2 Å². The fraction of sp³-hybridized carbons (Fsp3) is 0.769. The second-order valence-corrected chi connectivity index (χ2v) is 5.18. The third-order valence-corrected chi connectivity index (χ3v) is 4.03. The Labute approximate surface area is 112 Å². The van der Waals surface area contributed by atoms with E-state index in [4.69, 9.17) is 9.47 Å². The molecule has 1 aromatic heterocycles. The van der Waals surface area contributed by atoms with Crippen LogP contribution in [0.1, 0.15) is 43.4 Å². The number of rotatable bonds is 2. The number of aryl methyl sites for hydroxylation is 1. The van der Waals surface area contributed by atoms with Crippen LogP contribution >= 0.6 is 0 Å². The zero-order chi connectivity index (χ0) is 13.2. The number of ether oxygens (including phenoxy) is 2. The summed E-state index contributed by atoms with van der Waals surface area (Å²) < 4.78 is 12.7. The molecule has 104 valence electrons. The standard InChI is InChI=1S/C13H19N3O3/c1-18-13(17)9-4-5-11-14-15-12(16(11)7-6-9)10-3-2-8-19-10/h9-10H,2-8H2,1H3/t9?,10-/m1/s1. The highest BCUT2D eigenvalue weighted by Gasteiger charge is 2.29. The van der Waals surface area contributed by atoms with Crippen LogP contribution in [0.5, 0.6) is 0 Å². The molecule has 0 N–H and O–H groups in total. The highest BCUT2D eigenvalue weighted by Crippen LogP contribution is 2.30. The number of nitrogens with zero attached hydrogens (tertiary/aromatic N) is 3. The fourth-order valence-corrected chi connectivity index (χ4v) is 2.93. The van der Waals surface area contributed by atoms with Crippen molar-refractivity contribution in [3.8, 4) is 0 Å². The minimum atomic E-state index is -0.114. The SMILES string of the molecule is COC(=O)C1CCc2nnc([C@H]3CCCO3)n2CC1. The van der Waals surface area contributed by atoms with E-state index in [0.29, 0.717) is 0 Å². The lowest BCUT2D eigenvalue weighted by Crippen LogP contribution is -2.17. The number of methoxy groups -OCH3 is 1. The van der Waals surface area contributed by atoms with E-state index in [1.807, 2.05) is 0 Å². The summed E-state index contributed by atoms with van der Waals surface area (Å²) in [7, 11) is 1.45. The lowest BCUT2D eigenvalue weighted by atomic mass is 10.0. The Balaban J connectivity index is 1.77. The Morgan fingerprint density at radius 1 is 1.37 bits per heavy atom. The maximum Gasteiger partial charge on any atom is 0.308 e. The summed E-state index contributed by atoms with van der Waals surface area (Å²) in [5.41, 5.74) is 0. The maximum atomic E-state index is 11.6. The first-order valence-corrected chi connectivity index (χ1v) is 6.91. The van der Waals surface area contributed by atoms with Crippen LogP contribution in [0.3, 0.4) is 0 Å². The normalized spacial score (nSPS) is 26.8. The molecule has 6 nitrogen and oxygen atoms in total. The van der Waals surface area contributed by atoms with Gasteiger partial charge in [0.15, 0.2) is 5.82 Å². The lowest BCUT2D eigenvalue weighted by Gasteiger charge is -2.13. The van der Waals surface area contributed by atoms with E-state index < -0.39 is 0 Å². The van der Waals surface area contributed by atoms with Gasteiger partial charge in [0.2, 0.25) is 0 Å². The quantitative estimate of drug-likeness (QED) is 0.753. The number of carbonyl (C=O) groups excluding carboxylic acids is 1. The van der Waals surface area contributed by atoms with E-state index in [-0.39, 0.29) is 18.0 Å². The molecule has 0 amide bonds. The van der Waals surface area contributed by atoms with Gasteiger partial charge in [-0.2, -0.15) is 0 Å². The zero-order valence-electron chi connectivity index (χ0n) is 11.2. The van der Waals surface area contributed by atoms with E-state index in [9.17, 15) is 4.79 Å². The van der Waals surface area contributed by atoms with Gasteiger partial charge in [0.05, 0.1) is 13.0 Å². The van der Waals surface area contributed by atoms with E-state index in [0.717, 1.165) is 56.9 Å². The Morgan fingerprint density at radius 3 is 3.00 bits per heavy atom. The number of aromatic nitrogens is 3. The summed E-state index contributed by atoms with van der Waals surface area (Å²) in [6, 6.07) is 0. The molecule has 0 spiro atoms. The van der Waals surface area contributed by atoms with Gasteiger partial charge in [-0.1, -0.05) is 0 Å². The highest BCUT2D eigenvalue weighted by atomic mass is 16.5. The van der Waals surface area contributed by atoms with Crippen molar-refractivity contribution in [2.75, 3.05) is 13.7 Å². The fourth-order valence-electron chi connectivity index (χ4n) is 2.93. The average Bonchev–Trinajstić information content (AvgIpc) is 3.03. The predicted octanol–water partition coefficient (Wildman–Crippen LogP) is 1.26. The maximum absolute atomic E-state index is 11.6. The smallest absolute Gasteiger partial charge is 0.308 e. The first-order chi connectivity index (χ1) is 9.29. The van der Waals surface area contributed by atoms with Crippen molar-refractivity contribution in [1.82, 2.24) is 14.8 Å². The van der Waals surface area contributed by atoms with Gasteiger partial charge in [-0.25, -0.2) is 0 Å². The second-order valence-electron chi connectivity index (χ2n) is 5.18. The van der Waals surface area contributed by atoms with Crippen molar-refractivity contribution in [2.45, 2.75) is 44.8 Å². The summed E-state index contributed by atoms with van der Waals surface area (Å²) in [4.78, 5) is 11.6. The summed E-state index contributed by atoms with van der Waals surface area (Å²) in [5.74, 6) is 1.76. The third kappa shape index (κ3) is 2.36. The molecule has 0 bridgehead atoms. The number of fused-ring (bicyclic) bond motifs is 1. The van der Waals surface area contributed by atoms with E-state index in [2.05, 4.69) is 14.8 Å². The van der Waals surface area contributed by atoms with Crippen LogP contribution in [-0.4, -0.2) is 34.5 Å². The minimum absolute atomic E-state index is 0.0240. The van der Waals surface area contributed by atoms with Crippen molar-refractivity contribution in [1.29, 1.82) is 0 Å².